The van der Waals surface area contributed by atoms with Crippen LogP contribution in [-0.2, 0) is 30.2 Å². The molecule has 0 N–H and O–H groups in total. The smallest absolute Gasteiger partial charge is 0.333 e. The van der Waals surface area contributed by atoms with Crippen LogP contribution in [0, 0.1) is 20.8 Å². The minimum absolute atomic E-state index is 0.205. The third-order valence-corrected chi connectivity index (χ3v) is 4.69. The number of carbonyl (C=O) groups is 1. The van der Waals surface area contributed by atoms with E-state index in [1.165, 1.54) is 18.7 Å². The summed E-state index contributed by atoms with van der Waals surface area (Å²) >= 11 is 0. The van der Waals surface area contributed by atoms with Gasteiger partial charge in [-0.3, -0.25) is 14.2 Å². The second kappa shape index (κ2) is 5.97. The number of imidazole rings is 1. The molecule has 3 aromatic heterocycles. The molecule has 26 heavy (non-hydrogen) atoms. The van der Waals surface area contributed by atoms with Crippen LogP contribution in [0.3, 0.4) is 0 Å². The fourth-order valence-corrected chi connectivity index (χ4v) is 2.87. The molecule has 0 unspecified atom stereocenters. The van der Waals surface area contributed by atoms with Crippen molar-refractivity contribution in [2.45, 2.75) is 27.3 Å². The molecule has 0 amide bonds. The highest BCUT2D eigenvalue weighted by atomic mass is 16.5. The first-order chi connectivity index (χ1) is 12.2. The van der Waals surface area contributed by atoms with Crippen molar-refractivity contribution >= 4 is 17.1 Å². The van der Waals surface area contributed by atoms with Gasteiger partial charge in [0.25, 0.3) is 5.56 Å². The maximum atomic E-state index is 12.8. The predicted molar refractivity (Wildman–Crippen MR) is 93.6 cm³/mol. The molecule has 0 aromatic carbocycles. The van der Waals surface area contributed by atoms with Gasteiger partial charge >= 0.3 is 11.7 Å². The molecule has 0 spiro atoms. The molecule has 3 aromatic rings. The topological polar surface area (TPSA) is 106 Å². The number of esters is 1. The maximum Gasteiger partial charge on any atom is 0.333 e. The lowest BCUT2D eigenvalue weighted by atomic mass is 10.2. The Labute approximate surface area is 148 Å². The zero-order valence-corrected chi connectivity index (χ0v) is 15.5. The van der Waals surface area contributed by atoms with Crippen molar-refractivity contribution in [3.8, 4) is 5.95 Å². The number of hydrogen-bond donors (Lipinski definition) is 0. The lowest BCUT2D eigenvalue weighted by molar-refractivity contribution is -0.141. The Morgan fingerprint density at radius 1 is 1.12 bits per heavy atom. The second-order valence-electron chi connectivity index (χ2n) is 6.16. The molecule has 0 bridgehead atoms. The number of rotatable bonds is 3. The average Bonchev–Trinajstić information content (AvgIpc) is 3.08. The number of hydrogen-bond acceptors (Lipinski definition) is 6. The Balaban J connectivity index is 2.36. The van der Waals surface area contributed by atoms with E-state index in [-0.39, 0.29) is 11.2 Å². The van der Waals surface area contributed by atoms with Crippen LogP contribution in [0.1, 0.15) is 17.0 Å². The van der Waals surface area contributed by atoms with E-state index >= 15 is 0 Å². The van der Waals surface area contributed by atoms with Crippen molar-refractivity contribution in [2.24, 2.45) is 14.1 Å². The molecule has 0 aliphatic carbocycles. The van der Waals surface area contributed by atoms with Crippen molar-refractivity contribution in [1.82, 2.24) is 28.5 Å². The van der Waals surface area contributed by atoms with Gasteiger partial charge in [0.15, 0.2) is 11.2 Å². The normalized spacial score (nSPS) is 11.3. The molecule has 138 valence electrons. The van der Waals surface area contributed by atoms with Crippen LogP contribution >= 0.6 is 0 Å². The molecule has 0 saturated carbocycles. The third kappa shape index (κ3) is 2.37. The van der Waals surface area contributed by atoms with E-state index < -0.39 is 23.8 Å². The molecular formula is C16H20N6O4. The van der Waals surface area contributed by atoms with Gasteiger partial charge in [0.1, 0.15) is 6.54 Å². The summed E-state index contributed by atoms with van der Waals surface area (Å²) in [6.07, 6.45) is 0. The van der Waals surface area contributed by atoms with Crippen LogP contribution < -0.4 is 11.2 Å². The second-order valence-corrected chi connectivity index (χ2v) is 6.16. The van der Waals surface area contributed by atoms with Gasteiger partial charge in [0.2, 0.25) is 5.95 Å². The van der Waals surface area contributed by atoms with Gasteiger partial charge in [-0.2, -0.15) is 10.1 Å². The van der Waals surface area contributed by atoms with E-state index in [1.54, 1.807) is 16.3 Å². The third-order valence-electron chi connectivity index (χ3n) is 4.69. The van der Waals surface area contributed by atoms with Gasteiger partial charge in [-0.25, -0.2) is 14.0 Å². The highest BCUT2D eigenvalue weighted by molar-refractivity contribution is 5.74. The van der Waals surface area contributed by atoms with Crippen LogP contribution in [-0.4, -0.2) is 41.5 Å². The van der Waals surface area contributed by atoms with E-state index in [1.807, 2.05) is 20.8 Å². The standard InChI is InChI=1S/C16H20N6O4/c1-8-9(2)18-22(10(8)3)15-17-13-12(19(15)4)14(24)21(7-11(23)26-6)16(25)20(13)5/h7H2,1-6H3. The van der Waals surface area contributed by atoms with Crippen LogP contribution in [0.2, 0.25) is 0 Å². The summed E-state index contributed by atoms with van der Waals surface area (Å²) in [7, 11) is 4.37. The van der Waals surface area contributed by atoms with Crippen molar-refractivity contribution in [1.29, 1.82) is 0 Å². The van der Waals surface area contributed by atoms with Gasteiger partial charge in [-0.15, -0.1) is 0 Å². The van der Waals surface area contributed by atoms with E-state index in [0.29, 0.717) is 5.95 Å². The van der Waals surface area contributed by atoms with Gasteiger partial charge < -0.3 is 9.30 Å². The molecular weight excluding hydrogens is 340 g/mol. The monoisotopic (exact) mass is 360 g/mol. The molecule has 0 atom stereocenters. The Kier molecular flexibility index (Phi) is 4.05. The summed E-state index contributed by atoms with van der Waals surface area (Å²) in [5.74, 6) is -0.267. The Morgan fingerprint density at radius 3 is 2.31 bits per heavy atom. The molecule has 0 aliphatic rings. The van der Waals surface area contributed by atoms with Gasteiger partial charge in [-0.1, -0.05) is 0 Å². The highest BCUT2D eigenvalue weighted by Crippen LogP contribution is 2.18. The van der Waals surface area contributed by atoms with Crippen molar-refractivity contribution in [3.63, 3.8) is 0 Å². The number of aryl methyl sites for hydroxylation is 3. The van der Waals surface area contributed by atoms with E-state index in [2.05, 4.69) is 14.8 Å². The van der Waals surface area contributed by atoms with Crippen LogP contribution in [0.4, 0.5) is 0 Å². The van der Waals surface area contributed by atoms with Gasteiger partial charge in [0, 0.05) is 19.8 Å². The minimum atomic E-state index is -0.680. The first-order valence-electron chi connectivity index (χ1n) is 7.95. The minimum Gasteiger partial charge on any atom is -0.468 e. The number of nitrogens with zero attached hydrogens (tertiary/aromatic N) is 6. The van der Waals surface area contributed by atoms with Gasteiger partial charge in [-0.05, 0) is 26.3 Å². The Hall–Kier alpha value is -3.17. The summed E-state index contributed by atoms with van der Waals surface area (Å²) in [6, 6.07) is 0. The predicted octanol–water partition coefficient (Wildman–Crippen LogP) is -0.282. The fraction of sp³-hybridized carbons (Fsp3) is 0.438. The Morgan fingerprint density at radius 2 is 1.77 bits per heavy atom. The molecule has 3 rings (SSSR count). The van der Waals surface area contributed by atoms with Crippen molar-refractivity contribution in [2.75, 3.05) is 7.11 Å². The average molecular weight is 360 g/mol. The molecule has 0 radical (unpaired) electrons. The lowest BCUT2D eigenvalue weighted by Gasteiger charge is -2.07. The maximum absolute atomic E-state index is 12.8. The SMILES string of the molecule is COC(=O)Cn1c(=O)c2c(nc(-n3nc(C)c(C)c3C)n2C)n(C)c1=O. The van der Waals surface area contributed by atoms with Gasteiger partial charge in [0.05, 0.1) is 12.8 Å². The zero-order valence-electron chi connectivity index (χ0n) is 15.5. The van der Waals surface area contributed by atoms with Crippen LogP contribution in [0.5, 0.6) is 0 Å². The lowest BCUT2D eigenvalue weighted by Crippen LogP contribution is -2.41. The quantitative estimate of drug-likeness (QED) is 0.595. The summed E-state index contributed by atoms with van der Waals surface area (Å²) in [4.78, 5) is 41.3. The highest BCUT2D eigenvalue weighted by Gasteiger charge is 2.22. The van der Waals surface area contributed by atoms with E-state index in [0.717, 1.165) is 21.5 Å². The zero-order chi connectivity index (χ0) is 19.3. The van der Waals surface area contributed by atoms with Crippen molar-refractivity contribution < 1.29 is 9.53 Å². The first kappa shape index (κ1) is 17.6. The molecule has 0 fully saturated rings. The number of ether oxygens (including phenoxy) is 1. The summed E-state index contributed by atoms with van der Waals surface area (Å²) in [6.45, 7) is 5.29. The van der Waals surface area contributed by atoms with E-state index in [4.69, 9.17) is 0 Å². The number of fused-ring (bicyclic) bond motifs is 1. The van der Waals surface area contributed by atoms with Crippen LogP contribution in [0.25, 0.3) is 17.1 Å². The molecule has 3 heterocycles. The number of carbonyl (C=O) groups excluding carboxylic acids is 1. The number of aromatic nitrogens is 6. The fourth-order valence-electron chi connectivity index (χ4n) is 2.87. The number of methoxy groups -OCH3 is 1. The summed E-state index contributed by atoms with van der Waals surface area (Å²) in [5, 5.41) is 4.46. The molecule has 0 saturated heterocycles. The first-order valence-corrected chi connectivity index (χ1v) is 7.95. The summed E-state index contributed by atoms with van der Waals surface area (Å²) in [5.41, 5.74) is 1.96. The Bertz CT molecular complexity index is 1160. The molecule has 0 aliphatic heterocycles. The molecule has 10 heteroatoms. The van der Waals surface area contributed by atoms with Crippen LogP contribution in [0.15, 0.2) is 9.59 Å². The van der Waals surface area contributed by atoms with Crippen molar-refractivity contribution in [3.05, 3.63) is 37.8 Å². The summed E-state index contributed by atoms with van der Waals surface area (Å²) < 4.78 is 9.86. The largest absolute Gasteiger partial charge is 0.468 e. The molecule has 10 nitrogen and oxygen atoms in total. The van der Waals surface area contributed by atoms with E-state index in [9.17, 15) is 14.4 Å².